The van der Waals surface area contributed by atoms with E-state index in [0.29, 0.717) is 0 Å². The lowest BCUT2D eigenvalue weighted by molar-refractivity contribution is -0.117. The number of hydrogen-bond donors (Lipinski definition) is 3. The number of fused-ring (bicyclic) bond motifs is 4. The summed E-state index contributed by atoms with van der Waals surface area (Å²) in [6, 6.07) is 1.35. The number of aliphatic hydroxyl groups excluding tert-OH is 1. The Hall–Kier alpha value is -1.29. The molecule has 21 heavy (non-hydrogen) atoms. The van der Waals surface area contributed by atoms with Gasteiger partial charge in [-0.15, -0.1) is 0 Å². The quantitative estimate of drug-likeness (QED) is 0.569. The smallest absolute Gasteiger partial charge is 0.352 e. The number of nitrogen functional groups attached to an aromatic ring is 1. The van der Waals surface area contributed by atoms with Gasteiger partial charge in [-0.25, -0.2) is 4.79 Å². The maximum absolute atomic E-state index is 12.0. The van der Waals surface area contributed by atoms with Gasteiger partial charge in [0.15, 0.2) is 6.23 Å². The van der Waals surface area contributed by atoms with Crippen molar-refractivity contribution in [2.24, 2.45) is 0 Å². The SMILES string of the molecule is COC1C(O[PH](=O)O)C2OC1n1c(cc(N)nc1=O)[C@H]2O. The molecule has 1 aromatic heterocycles. The summed E-state index contributed by atoms with van der Waals surface area (Å²) < 4.78 is 27.8. The number of aromatic nitrogens is 2. The molecule has 0 spiro atoms. The highest BCUT2D eigenvalue weighted by atomic mass is 31.1. The Morgan fingerprint density at radius 2 is 2.24 bits per heavy atom. The third-order valence-corrected chi connectivity index (χ3v) is 4.08. The predicted molar refractivity (Wildman–Crippen MR) is 68.7 cm³/mol. The third-order valence-electron chi connectivity index (χ3n) is 3.61. The highest BCUT2D eigenvalue weighted by Gasteiger charge is 2.55. The van der Waals surface area contributed by atoms with Gasteiger partial charge in [-0.2, -0.15) is 4.98 Å². The van der Waals surface area contributed by atoms with E-state index in [0.717, 1.165) is 4.57 Å². The van der Waals surface area contributed by atoms with E-state index in [-0.39, 0.29) is 11.5 Å². The van der Waals surface area contributed by atoms with Crippen LogP contribution in [0.3, 0.4) is 0 Å². The first-order valence-corrected chi connectivity index (χ1v) is 7.35. The van der Waals surface area contributed by atoms with Crippen LogP contribution in [0.25, 0.3) is 0 Å². The summed E-state index contributed by atoms with van der Waals surface area (Å²) in [6.45, 7) is 0. The molecule has 4 N–H and O–H groups in total. The lowest BCUT2D eigenvalue weighted by atomic mass is 10.0. The van der Waals surface area contributed by atoms with Crippen LogP contribution in [0.15, 0.2) is 10.9 Å². The Labute approximate surface area is 119 Å². The minimum absolute atomic E-state index is 0.0335. The number of nitrogens with two attached hydrogens (primary N) is 1. The first-order valence-electron chi connectivity index (χ1n) is 6.09. The topological polar surface area (TPSA) is 146 Å². The van der Waals surface area contributed by atoms with Crippen LogP contribution in [0.5, 0.6) is 0 Å². The molecule has 1 saturated heterocycles. The van der Waals surface area contributed by atoms with Gasteiger partial charge in [0.25, 0.3) is 0 Å². The monoisotopic (exact) mass is 319 g/mol. The van der Waals surface area contributed by atoms with Crippen molar-refractivity contribution < 1.29 is 28.6 Å². The second-order valence-electron chi connectivity index (χ2n) is 4.74. The van der Waals surface area contributed by atoms with Crippen LogP contribution in [-0.4, -0.2) is 45.0 Å². The number of rotatable bonds is 3. The molecule has 1 aromatic rings. The maximum Gasteiger partial charge on any atom is 0.352 e. The number of methoxy groups -OCH3 is 1. The Morgan fingerprint density at radius 1 is 1.52 bits per heavy atom. The van der Waals surface area contributed by atoms with Crippen LogP contribution in [0, 0.1) is 0 Å². The lowest BCUT2D eigenvalue weighted by Crippen LogP contribution is -2.39. The van der Waals surface area contributed by atoms with E-state index in [1.54, 1.807) is 0 Å². The van der Waals surface area contributed by atoms with E-state index < -0.39 is 44.6 Å². The largest absolute Gasteiger partial charge is 0.384 e. The van der Waals surface area contributed by atoms with Crippen molar-refractivity contribution in [1.82, 2.24) is 9.55 Å². The molecule has 0 radical (unpaired) electrons. The molecule has 5 unspecified atom stereocenters. The van der Waals surface area contributed by atoms with Crippen molar-refractivity contribution in [3.05, 3.63) is 22.2 Å². The zero-order valence-corrected chi connectivity index (χ0v) is 11.9. The van der Waals surface area contributed by atoms with Crippen molar-refractivity contribution in [2.75, 3.05) is 12.8 Å². The predicted octanol–water partition coefficient (Wildman–Crippen LogP) is -1.45. The van der Waals surface area contributed by atoms with Crippen molar-refractivity contribution in [3.63, 3.8) is 0 Å². The summed E-state index contributed by atoms with van der Waals surface area (Å²) in [6.07, 6.45) is -4.94. The summed E-state index contributed by atoms with van der Waals surface area (Å²) >= 11 is 0. The second-order valence-corrected chi connectivity index (χ2v) is 5.51. The Morgan fingerprint density at radius 3 is 2.86 bits per heavy atom. The third kappa shape index (κ3) is 2.20. The standard InChI is InChI=1S/C10H14N3O7P/c1-18-8-7(20-21(16)17)6-5(14)3-2-4(11)12-10(15)13(3)9(8)19-6/h2,5-9,14,21H,1H3,(H,16,17)(H2,11,12,15)/t5-,6?,7?,8?,9?/m1/s1. The van der Waals surface area contributed by atoms with E-state index >= 15 is 0 Å². The average molecular weight is 319 g/mol. The van der Waals surface area contributed by atoms with Gasteiger partial charge in [0.1, 0.15) is 30.2 Å². The molecule has 0 aromatic carbocycles. The molecule has 6 atom stereocenters. The van der Waals surface area contributed by atoms with Crippen LogP contribution in [0.1, 0.15) is 18.0 Å². The molecule has 0 amide bonds. The van der Waals surface area contributed by atoms with E-state index in [9.17, 15) is 14.5 Å². The Bertz CT molecular complexity index is 650. The van der Waals surface area contributed by atoms with Crippen LogP contribution in [0.2, 0.25) is 0 Å². The van der Waals surface area contributed by atoms with Gasteiger partial charge in [-0.05, 0) is 0 Å². The molecule has 2 bridgehead atoms. The van der Waals surface area contributed by atoms with E-state index in [4.69, 9.17) is 24.6 Å². The summed E-state index contributed by atoms with van der Waals surface area (Å²) in [7, 11) is -1.93. The number of hydrogen-bond acceptors (Lipinski definition) is 8. The van der Waals surface area contributed by atoms with Crippen LogP contribution < -0.4 is 11.4 Å². The number of nitrogens with zero attached hydrogens (tertiary/aromatic N) is 2. The van der Waals surface area contributed by atoms with Gasteiger partial charge in [0.05, 0.1) is 5.69 Å². The van der Waals surface area contributed by atoms with Gasteiger partial charge >= 0.3 is 13.9 Å². The highest BCUT2D eigenvalue weighted by molar-refractivity contribution is 7.32. The van der Waals surface area contributed by atoms with Crippen molar-refractivity contribution >= 4 is 14.1 Å². The fourth-order valence-electron chi connectivity index (χ4n) is 2.81. The minimum atomic E-state index is -3.27. The van der Waals surface area contributed by atoms with Crippen molar-refractivity contribution in [2.45, 2.75) is 30.6 Å². The Kier molecular flexibility index (Phi) is 3.60. The minimum Gasteiger partial charge on any atom is -0.384 e. The molecule has 11 heteroatoms. The molecule has 116 valence electrons. The van der Waals surface area contributed by atoms with Crippen LogP contribution >= 0.6 is 8.25 Å². The van der Waals surface area contributed by atoms with E-state index in [1.165, 1.54) is 13.2 Å². The molecule has 0 saturated carbocycles. The van der Waals surface area contributed by atoms with Gasteiger partial charge in [0, 0.05) is 13.2 Å². The first-order chi connectivity index (χ1) is 9.93. The highest BCUT2D eigenvalue weighted by Crippen LogP contribution is 2.45. The maximum atomic E-state index is 12.0. The normalized spacial score (nSPS) is 35.5. The number of anilines is 1. The van der Waals surface area contributed by atoms with E-state index in [2.05, 4.69) is 4.98 Å². The molecule has 2 aliphatic heterocycles. The molecule has 3 rings (SSSR count). The lowest BCUT2D eigenvalue weighted by Gasteiger charge is -2.30. The second kappa shape index (κ2) is 5.16. The zero-order valence-electron chi connectivity index (χ0n) is 10.9. The molecule has 2 aliphatic rings. The van der Waals surface area contributed by atoms with Crippen molar-refractivity contribution in [3.8, 4) is 0 Å². The molecule has 10 nitrogen and oxygen atoms in total. The van der Waals surface area contributed by atoms with Gasteiger partial charge in [-0.3, -0.25) is 9.13 Å². The molecule has 1 fully saturated rings. The summed E-state index contributed by atoms with van der Waals surface area (Å²) in [5.74, 6) is -0.0335. The number of ether oxygens (including phenoxy) is 2. The molecular weight excluding hydrogens is 305 g/mol. The van der Waals surface area contributed by atoms with Crippen molar-refractivity contribution in [1.29, 1.82) is 0 Å². The molecular formula is C10H14N3O7P. The van der Waals surface area contributed by atoms with Gasteiger partial charge in [0.2, 0.25) is 0 Å². The van der Waals surface area contributed by atoms with Crippen LogP contribution in [0.4, 0.5) is 5.82 Å². The average Bonchev–Trinajstić information content (AvgIpc) is 2.70. The fraction of sp³-hybridized carbons (Fsp3) is 0.600. The summed E-state index contributed by atoms with van der Waals surface area (Å²) in [5.41, 5.74) is 5.02. The molecule has 0 aliphatic carbocycles. The molecule has 3 heterocycles. The number of aliphatic hydroxyl groups is 1. The summed E-state index contributed by atoms with van der Waals surface area (Å²) in [4.78, 5) is 24.6. The fourth-order valence-corrected chi connectivity index (χ4v) is 3.31. The van der Waals surface area contributed by atoms with Gasteiger partial charge in [-0.1, -0.05) is 0 Å². The van der Waals surface area contributed by atoms with Crippen LogP contribution in [-0.2, 0) is 18.6 Å². The summed E-state index contributed by atoms with van der Waals surface area (Å²) in [5, 5.41) is 10.3. The zero-order chi connectivity index (χ0) is 15.3. The first kappa shape index (κ1) is 14.6. The van der Waals surface area contributed by atoms with E-state index in [1.807, 2.05) is 0 Å². The van der Waals surface area contributed by atoms with Gasteiger partial charge < -0.3 is 29.7 Å². The Balaban J connectivity index is 2.12.